The van der Waals surface area contributed by atoms with E-state index in [2.05, 4.69) is 17.4 Å². The second-order valence-corrected chi connectivity index (χ2v) is 7.09. The van der Waals surface area contributed by atoms with Gasteiger partial charge in [0.25, 0.3) is 5.91 Å². The van der Waals surface area contributed by atoms with Gasteiger partial charge in [-0.1, -0.05) is 30.3 Å². The number of carbonyl (C=O) groups excluding carboxylic acids is 2. The van der Waals surface area contributed by atoms with Crippen molar-refractivity contribution < 1.29 is 9.59 Å². The van der Waals surface area contributed by atoms with Crippen LogP contribution in [0.2, 0.25) is 0 Å². The molecule has 130 valence electrons. The number of likely N-dealkylation sites (tertiary alicyclic amines) is 1. The quantitative estimate of drug-likeness (QED) is 0.858. The van der Waals surface area contributed by atoms with E-state index in [1.54, 1.807) is 36.0 Å². The molecule has 0 saturated carbocycles. The summed E-state index contributed by atoms with van der Waals surface area (Å²) in [6.07, 6.45) is 2.17. The summed E-state index contributed by atoms with van der Waals surface area (Å²) < 4.78 is 0. The molecule has 5 heteroatoms. The number of carbonyl (C=O) groups is 2. The summed E-state index contributed by atoms with van der Waals surface area (Å²) in [5.41, 5.74) is 2.62. The summed E-state index contributed by atoms with van der Waals surface area (Å²) in [5, 5.41) is 2.88. The maximum Gasteiger partial charge on any atom is 0.253 e. The molecule has 0 unspecified atom stereocenters. The van der Waals surface area contributed by atoms with Crippen molar-refractivity contribution in [2.45, 2.75) is 18.6 Å². The molecule has 1 aliphatic rings. The van der Waals surface area contributed by atoms with E-state index in [-0.39, 0.29) is 11.8 Å². The second kappa shape index (κ2) is 8.72. The first kappa shape index (κ1) is 17.5. The van der Waals surface area contributed by atoms with Gasteiger partial charge in [0.15, 0.2) is 0 Å². The van der Waals surface area contributed by atoms with Crippen LogP contribution < -0.4 is 5.32 Å². The molecule has 0 aromatic heterocycles. The molecule has 2 amide bonds. The Morgan fingerprint density at radius 1 is 0.960 bits per heavy atom. The van der Waals surface area contributed by atoms with Crippen molar-refractivity contribution in [1.82, 2.24) is 4.90 Å². The lowest BCUT2D eigenvalue weighted by molar-refractivity contribution is -0.113. The van der Waals surface area contributed by atoms with Crippen LogP contribution in [0, 0.1) is 0 Å². The first-order valence-corrected chi connectivity index (χ1v) is 9.69. The highest BCUT2D eigenvalue weighted by molar-refractivity contribution is 7.99. The predicted molar refractivity (Wildman–Crippen MR) is 103 cm³/mol. The minimum Gasteiger partial charge on any atom is -0.339 e. The minimum absolute atomic E-state index is 0.0282. The van der Waals surface area contributed by atoms with E-state index in [0.717, 1.165) is 37.4 Å². The molecule has 25 heavy (non-hydrogen) atoms. The maximum atomic E-state index is 12.3. The molecule has 2 aromatic rings. The standard InChI is InChI=1S/C20H22N2O2S/c23-19(15-25-14-16-6-2-1-3-7-16)21-18-10-8-17(9-11-18)20(24)22-12-4-5-13-22/h1-3,6-11H,4-5,12-15H2,(H,21,23). The molecule has 1 aliphatic heterocycles. The molecule has 1 N–H and O–H groups in total. The SMILES string of the molecule is O=C(CSCc1ccccc1)Nc1ccc(C(=O)N2CCCC2)cc1. The molecule has 0 spiro atoms. The number of nitrogens with zero attached hydrogens (tertiary/aromatic N) is 1. The Balaban J connectivity index is 1.46. The fourth-order valence-corrected chi connectivity index (χ4v) is 3.62. The van der Waals surface area contributed by atoms with Crippen LogP contribution in [0.5, 0.6) is 0 Å². The van der Waals surface area contributed by atoms with Crippen molar-refractivity contribution in [3.05, 3.63) is 65.7 Å². The molecular formula is C20H22N2O2S. The lowest BCUT2D eigenvalue weighted by Gasteiger charge is -2.15. The van der Waals surface area contributed by atoms with Gasteiger partial charge in [0.1, 0.15) is 0 Å². The Labute approximate surface area is 152 Å². The monoisotopic (exact) mass is 354 g/mol. The summed E-state index contributed by atoms with van der Waals surface area (Å²) in [4.78, 5) is 26.2. The highest BCUT2D eigenvalue weighted by atomic mass is 32.2. The van der Waals surface area contributed by atoms with Gasteiger partial charge in [0, 0.05) is 30.1 Å². The predicted octanol–water partition coefficient (Wildman–Crippen LogP) is 3.79. The lowest BCUT2D eigenvalue weighted by Crippen LogP contribution is -2.27. The van der Waals surface area contributed by atoms with Crippen LogP contribution >= 0.6 is 11.8 Å². The second-order valence-electron chi connectivity index (χ2n) is 6.10. The summed E-state index contributed by atoms with van der Waals surface area (Å²) in [7, 11) is 0. The third kappa shape index (κ3) is 5.10. The molecule has 1 saturated heterocycles. The maximum absolute atomic E-state index is 12.3. The van der Waals surface area contributed by atoms with Crippen LogP contribution in [0.15, 0.2) is 54.6 Å². The Bertz CT molecular complexity index is 710. The van der Waals surface area contributed by atoms with E-state index in [4.69, 9.17) is 0 Å². The zero-order valence-electron chi connectivity index (χ0n) is 14.1. The molecular weight excluding hydrogens is 332 g/mol. The van der Waals surface area contributed by atoms with Gasteiger partial charge in [0.2, 0.25) is 5.91 Å². The lowest BCUT2D eigenvalue weighted by atomic mass is 10.2. The Hall–Kier alpha value is -2.27. The van der Waals surface area contributed by atoms with Crippen molar-refractivity contribution in [3.8, 4) is 0 Å². The van der Waals surface area contributed by atoms with Gasteiger partial charge in [-0.2, -0.15) is 0 Å². The number of hydrogen-bond acceptors (Lipinski definition) is 3. The molecule has 1 heterocycles. The molecule has 4 nitrogen and oxygen atoms in total. The van der Waals surface area contributed by atoms with Gasteiger partial charge in [-0.25, -0.2) is 0 Å². The summed E-state index contributed by atoms with van der Waals surface area (Å²) in [6.45, 7) is 1.69. The Kier molecular flexibility index (Phi) is 6.12. The number of benzene rings is 2. The highest BCUT2D eigenvalue weighted by Gasteiger charge is 2.19. The zero-order valence-corrected chi connectivity index (χ0v) is 14.9. The number of rotatable bonds is 6. The van der Waals surface area contributed by atoms with Gasteiger partial charge >= 0.3 is 0 Å². The van der Waals surface area contributed by atoms with Crippen molar-refractivity contribution in [2.24, 2.45) is 0 Å². The number of nitrogens with one attached hydrogen (secondary N) is 1. The van der Waals surface area contributed by atoms with E-state index in [1.165, 1.54) is 5.56 Å². The molecule has 1 fully saturated rings. The average Bonchev–Trinajstić information content (AvgIpc) is 3.17. The van der Waals surface area contributed by atoms with E-state index in [9.17, 15) is 9.59 Å². The first-order chi connectivity index (χ1) is 12.2. The minimum atomic E-state index is -0.0282. The van der Waals surface area contributed by atoms with Crippen LogP contribution in [0.1, 0.15) is 28.8 Å². The Morgan fingerprint density at radius 2 is 1.64 bits per heavy atom. The highest BCUT2D eigenvalue weighted by Crippen LogP contribution is 2.16. The van der Waals surface area contributed by atoms with Crippen molar-refractivity contribution in [3.63, 3.8) is 0 Å². The van der Waals surface area contributed by atoms with Crippen molar-refractivity contribution >= 4 is 29.3 Å². The number of amides is 2. The largest absolute Gasteiger partial charge is 0.339 e. The average molecular weight is 354 g/mol. The molecule has 3 rings (SSSR count). The number of hydrogen-bond donors (Lipinski definition) is 1. The van der Waals surface area contributed by atoms with E-state index >= 15 is 0 Å². The van der Waals surface area contributed by atoms with Crippen LogP contribution in [-0.2, 0) is 10.5 Å². The molecule has 0 aliphatic carbocycles. The number of thioether (sulfide) groups is 1. The van der Waals surface area contributed by atoms with Gasteiger partial charge < -0.3 is 10.2 Å². The van der Waals surface area contributed by atoms with E-state index in [0.29, 0.717) is 11.3 Å². The van der Waals surface area contributed by atoms with Crippen LogP contribution in [0.3, 0.4) is 0 Å². The first-order valence-electron chi connectivity index (χ1n) is 8.53. The topological polar surface area (TPSA) is 49.4 Å². The number of anilines is 1. The van der Waals surface area contributed by atoms with E-state index in [1.807, 2.05) is 23.1 Å². The van der Waals surface area contributed by atoms with Gasteiger partial charge in [-0.05, 0) is 42.7 Å². The van der Waals surface area contributed by atoms with Gasteiger partial charge in [-0.3, -0.25) is 9.59 Å². The molecule has 0 bridgehead atoms. The summed E-state index contributed by atoms with van der Waals surface area (Å²) in [5.74, 6) is 1.27. The normalized spacial score (nSPS) is 13.7. The van der Waals surface area contributed by atoms with Crippen LogP contribution in [-0.4, -0.2) is 35.6 Å². The summed E-state index contributed by atoms with van der Waals surface area (Å²) >= 11 is 1.59. The fourth-order valence-electron chi connectivity index (χ4n) is 2.83. The third-order valence-electron chi connectivity index (χ3n) is 4.15. The van der Waals surface area contributed by atoms with Crippen LogP contribution in [0.25, 0.3) is 0 Å². The van der Waals surface area contributed by atoms with Gasteiger partial charge in [-0.15, -0.1) is 11.8 Å². The van der Waals surface area contributed by atoms with E-state index < -0.39 is 0 Å². The molecule has 0 radical (unpaired) electrons. The van der Waals surface area contributed by atoms with Crippen LogP contribution in [0.4, 0.5) is 5.69 Å². The molecule has 0 atom stereocenters. The molecule has 2 aromatic carbocycles. The summed E-state index contributed by atoms with van der Waals surface area (Å²) in [6, 6.07) is 17.3. The van der Waals surface area contributed by atoms with Crippen molar-refractivity contribution in [2.75, 3.05) is 24.2 Å². The van der Waals surface area contributed by atoms with Crippen molar-refractivity contribution in [1.29, 1.82) is 0 Å². The fraction of sp³-hybridized carbons (Fsp3) is 0.300. The zero-order chi connectivity index (χ0) is 17.5. The smallest absolute Gasteiger partial charge is 0.253 e. The Morgan fingerprint density at radius 3 is 2.32 bits per heavy atom. The van der Waals surface area contributed by atoms with Gasteiger partial charge in [0.05, 0.1) is 5.75 Å². The third-order valence-corrected chi connectivity index (χ3v) is 5.16.